The average molecular weight is 565 g/mol. The molecule has 1 aromatic heterocycles. The van der Waals surface area contributed by atoms with Crippen molar-refractivity contribution in [2.75, 3.05) is 49.6 Å². The van der Waals surface area contributed by atoms with Crippen molar-refractivity contribution in [1.82, 2.24) is 9.88 Å². The molecule has 1 saturated heterocycles. The Hall–Kier alpha value is -1.74. The molecule has 0 saturated carbocycles. The molecule has 3 aromatic rings. The molecule has 0 radical (unpaired) electrons. The van der Waals surface area contributed by atoms with Crippen molar-refractivity contribution < 1.29 is 28.8 Å². The molecule has 1 aliphatic heterocycles. The van der Waals surface area contributed by atoms with Crippen molar-refractivity contribution >= 4 is 49.1 Å². The number of carbonyl (C=O) groups excluding carboxylic acids is 1. The summed E-state index contributed by atoms with van der Waals surface area (Å²) >= 11 is 1.84. The van der Waals surface area contributed by atoms with Gasteiger partial charge in [-0.05, 0) is 43.5 Å². The molecule has 0 N–H and O–H groups in total. The molecule has 4 rings (SSSR count). The number of hydrogen-bond donors (Lipinski definition) is 0. The van der Waals surface area contributed by atoms with E-state index in [1.54, 1.807) is 6.92 Å². The Kier molecular flexibility index (Phi) is 8.14. The van der Waals surface area contributed by atoms with Gasteiger partial charge in [0.2, 0.25) is 17.2 Å². The third kappa shape index (κ3) is 5.09. The fourth-order valence-electron chi connectivity index (χ4n) is 4.34. The quantitative estimate of drug-likeness (QED) is 0.271. The van der Waals surface area contributed by atoms with E-state index in [1.165, 1.54) is 44.7 Å². The smallest absolute Gasteiger partial charge is 0.259 e. The molecule has 172 valence electrons. The summed E-state index contributed by atoms with van der Waals surface area (Å²) in [6.45, 7) is 12.6. The second-order valence-electron chi connectivity index (χ2n) is 8.70. The van der Waals surface area contributed by atoms with Crippen LogP contribution in [0.1, 0.15) is 37.8 Å². The Bertz CT molecular complexity index is 1130. The summed E-state index contributed by atoms with van der Waals surface area (Å²) in [5.41, 5.74) is 7.15. The summed E-state index contributed by atoms with van der Waals surface area (Å²) in [4.78, 5) is 23.4. The first-order valence-electron chi connectivity index (χ1n) is 11.3. The average Bonchev–Trinajstić information content (AvgIpc) is 2.76. The highest BCUT2D eigenvalue weighted by Gasteiger charge is 2.23. The Morgan fingerprint density at radius 1 is 1.03 bits per heavy atom. The van der Waals surface area contributed by atoms with Crippen molar-refractivity contribution in [3.8, 4) is 0 Å². The number of hydrogen-bond acceptors (Lipinski definition) is 4. The zero-order valence-electron chi connectivity index (χ0n) is 19.7. The topological polar surface area (TPSA) is 39.7 Å². The van der Waals surface area contributed by atoms with Crippen LogP contribution < -0.4 is 33.8 Å². The van der Waals surface area contributed by atoms with Gasteiger partial charge in [0.1, 0.15) is 11.0 Å². The van der Waals surface area contributed by atoms with E-state index in [0.717, 1.165) is 43.8 Å². The maximum Gasteiger partial charge on any atom is 0.259 e. The number of aryl methyl sites for hydroxylation is 2. The second-order valence-corrected chi connectivity index (χ2v) is 9.78. The molecule has 7 heteroatoms. The normalized spacial score (nSPS) is 14.0. The molecule has 0 atom stereocenters. The van der Waals surface area contributed by atoms with E-state index in [4.69, 9.17) is 4.98 Å². The number of unbranched alkanes of at least 4 members (excludes halogenated alkanes) is 1. The van der Waals surface area contributed by atoms with Gasteiger partial charge in [-0.25, -0.2) is 4.98 Å². The van der Waals surface area contributed by atoms with Gasteiger partial charge in [-0.3, -0.25) is 4.79 Å². The molecule has 0 aliphatic carbocycles. The zero-order chi connectivity index (χ0) is 22.1. The van der Waals surface area contributed by atoms with Crippen LogP contribution in [-0.2, 0) is 4.79 Å². The Morgan fingerprint density at radius 2 is 1.66 bits per heavy atom. The summed E-state index contributed by atoms with van der Waals surface area (Å²) in [6, 6.07) is 9.09. The van der Waals surface area contributed by atoms with E-state index in [1.807, 2.05) is 16.2 Å². The molecule has 5 nitrogen and oxygen atoms in total. The minimum atomic E-state index is 0. The van der Waals surface area contributed by atoms with Crippen LogP contribution in [0, 0.1) is 13.8 Å². The fourth-order valence-corrected chi connectivity index (χ4v) is 5.54. The molecule has 0 spiro atoms. The number of rotatable bonds is 5. The monoisotopic (exact) mass is 564 g/mol. The molecular formula is C25H33IN4OS. The Labute approximate surface area is 212 Å². The first-order chi connectivity index (χ1) is 14.9. The number of fused-ring (bicyclic) bond motifs is 2. The SMILES string of the molecule is CCCCN(C)c1cc(C)c2nc3c(C)cc(N4CCN(C(C)=O)CC4)cc3[s+]c2c1.[I-]. The van der Waals surface area contributed by atoms with Crippen molar-refractivity contribution in [2.45, 2.75) is 40.5 Å². The minimum absolute atomic E-state index is 0. The number of piperazine rings is 1. The van der Waals surface area contributed by atoms with Gasteiger partial charge >= 0.3 is 0 Å². The summed E-state index contributed by atoms with van der Waals surface area (Å²) in [5.74, 6) is 0.169. The maximum atomic E-state index is 11.7. The van der Waals surface area contributed by atoms with Gasteiger partial charge in [-0.15, -0.1) is 0 Å². The van der Waals surface area contributed by atoms with Crippen LogP contribution in [0.5, 0.6) is 0 Å². The molecule has 0 bridgehead atoms. The first-order valence-corrected chi connectivity index (χ1v) is 12.1. The summed E-state index contributed by atoms with van der Waals surface area (Å²) in [5, 5.41) is 0. The molecule has 1 aliphatic rings. The van der Waals surface area contributed by atoms with Crippen LogP contribution in [0.2, 0.25) is 0 Å². The van der Waals surface area contributed by atoms with Gasteiger partial charge in [-0.2, -0.15) is 0 Å². The lowest BCUT2D eigenvalue weighted by Gasteiger charge is -2.35. The second kappa shape index (κ2) is 10.5. The van der Waals surface area contributed by atoms with Crippen LogP contribution in [0.4, 0.5) is 11.4 Å². The Balaban J connectivity index is 0.00000289. The van der Waals surface area contributed by atoms with E-state index in [9.17, 15) is 4.79 Å². The standard InChI is InChI=1S/C25H33N4OS.HI/c1-6-7-8-27(5)20-13-17(2)24-22(15-20)31-23-16-21(14-18(3)25(23)26-24)29-11-9-28(10-12-29)19(4)30;/h13-16H,6-12H2,1-5H3;1H/q+1;/p-1. The van der Waals surface area contributed by atoms with E-state index in [0.29, 0.717) is 0 Å². The number of aromatic nitrogens is 1. The van der Waals surface area contributed by atoms with E-state index in [-0.39, 0.29) is 29.9 Å². The van der Waals surface area contributed by atoms with Gasteiger partial charge in [0.15, 0.2) is 0 Å². The summed E-state index contributed by atoms with van der Waals surface area (Å²) in [7, 11) is 2.18. The lowest BCUT2D eigenvalue weighted by Crippen LogP contribution is -3.00. The van der Waals surface area contributed by atoms with Crippen molar-refractivity contribution in [2.24, 2.45) is 0 Å². The van der Waals surface area contributed by atoms with Gasteiger partial charge in [-0.1, -0.05) is 13.3 Å². The van der Waals surface area contributed by atoms with Crippen LogP contribution in [0.25, 0.3) is 20.4 Å². The third-order valence-corrected chi connectivity index (χ3v) is 7.38. The largest absolute Gasteiger partial charge is 1.00 e. The molecule has 1 amide bonds. The third-order valence-electron chi connectivity index (χ3n) is 6.32. The van der Waals surface area contributed by atoms with Crippen LogP contribution >= 0.6 is 11.3 Å². The molecule has 1 fully saturated rings. The van der Waals surface area contributed by atoms with E-state index in [2.05, 4.69) is 61.9 Å². The van der Waals surface area contributed by atoms with E-state index < -0.39 is 0 Å². The number of anilines is 2. The number of nitrogens with zero attached hydrogens (tertiary/aromatic N) is 4. The van der Waals surface area contributed by atoms with Gasteiger partial charge in [0.25, 0.3) is 9.40 Å². The van der Waals surface area contributed by atoms with Crippen molar-refractivity contribution in [3.05, 3.63) is 35.4 Å². The fraction of sp³-hybridized carbons (Fsp3) is 0.480. The highest BCUT2D eigenvalue weighted by Crippen LogP contribution is 2.35. The lowest BCUT2D eigenvalue weighted by atomic mass is 10.1. The number of benzene rings is 2. The molecular weight excluding hydrogens is 531 g/mol. The number of halogens is 1. The molecule has 2 aromatic carbocycles. The highest BCUT2D eigenvalue weighted by molar-refractivity contribution is 7.24. The van der Waals surface area contributed by atoms with E-state index >= 15 is 0 Å². The molecule has 32 heavy (non-hydrogen) atoms. The number of carbonyl (C=O) groups is 1. The zero-order valence-corrected chi connectivity index (χ0v) is 22.7. The maximum absolute atomic E-state index is 11.7. The van der Waals surface area contributed by atoms with Gasteiger partial charge < -0.3 is 38.7 Å². The molecule has 0 unspecified atom stereocenters. The predicted molar refractivity (Wildman–Crippen MR) is 134 cm³/mol. The Morgan fingerprint density at radius 3 is 2.28 bits per heavy atom. The van der Waals surface area contributed by atoms with Gasteiger partial charge in [0.05, 0.1) is 0 Å². The highest BCUT2D eigenvalue weighted by atomic mass is 127. The lowest BCUT2D eigenvalue weighted by molar-refractivity contribution is -0.129. The van der Waals surface area contributed by atoms with Crippen molar-refractivity contribution in [3.63, 3.8) is 0 Å². The minimum Gasteiger partial charge on any atom is -1.00 e. The van der Waals surface area contributed by atoms with Crippen LogP contribution in [0.15, 0.2) is 24.3 Å². The summed E-state index contributed by atoms with van der Waals surface area (Å²) < 4.78 is 2.47. The van der Waals surface area contributed by atoms with Crippen LogP contribution in [0.3, 0.4) is 0 Å². The summed E-state index contributed by atoms with van der Waals surface area (Å²) in [6.07, 6.45) is 2.40. The number of amides is 1. The molecule has 2 heterocycles. The van der Waals surface area contributed by atoms with Crippen LogP contribution in [-0.4, -0.2) is 55.6 Å². The first kappa shape index (κ1) is 24.9. The van der Waals surface area contributed by atoms with Gasteiger partial charge in [0, 0.05) is 70.2 Å². The predicted octanol–water partition coefficient (Wildman–Crippen LogP) is 2.26. The van der Waals surface area contributed by atoms with Crippen molar-refractivity contribution in [1.29, 1.82) is 0 Å².